The van der Waals surface area contributed by atoms with E-state index in [2.05, 4.69) is 5.32 Å². The summed E-state index contributed by atoms with van der Waals surface area (Å²) in [4.78, 5) is 33.4. The number of benzene rings is 1. The molecule has 0 spiro atoms. The Kier molecular flexibility index (Phi) is 5.97. The largest absolute Gasteiger partial charge is 0.479 e. The third-order valence-corrected chi connectivity index (χ3v) is 4.64. The fraction of sp³-hybridized carbons (Fsp3) is 0.133. The van der Waals surface area contributed by atoms with Gasteiger partial charge in [0.1, 0.15) is 5.02 Å². The van der Waals surface area contributed by atoms with E-state index < -0.39 is 18.5 Å². The number of carboxylic acid groups (broad SMARTS) is 2. The van der Waals surface area contributed by atoms with Crippen molar-refractivity contribution in [1.29, 1.82) is 0 Å². The number of carboxylic acids is 2. The van der Waals surface area contributed by atoms with E-state index in [4.69, 9.17) is 27.2 Å². The second-order valence-corrected chi connectivity index (χ2v) is 6.12. The van der Waals surface area contributed by atoms with E-state index in [0.717, 1.165) is 11.3 Å². The number of rotatable bonds is 7. The van der Waals surface area contributed by atoms with Gasteiger partial charge in [-0.3, -0.25) is 4.79 Å². The van der Waals surface area contributed by atoms with E-state index in [-0.39, 0.29) is 28.1 Å². The summed E-state index contributed by atoms with van der Waals surface area (Å²) >= 11 is 7.05. The quantitative estimate of drug-likeness (QED) is 0.573. The summed E-state index contributed by atoms with van der Waals surface area (Å²) in [5.41, 5.74) is 6.33. The lowest BCUT2D eigenvalue weighted by Crippen LogP contribution is -2.21. The van der Waals surface area contributed by atoms with E-state index in [1.165, 1.54) is 0 Å². The summed E-state index contributed by atoms with van der Waals surface area (Å²) in [6, 6.07) is 6.49. The Balaban J connectivity index is 2.35. The molecule has 0 aliphatic carbocycles. The van der Waals surface area contributed by atoms with Gasteiger partial charge in [0.25, 0.3) is 0 Å². The van der Waals surface area contributed by atoms with Gasteiger partial charge in [-0.15, -0.1) is 11.3 Å². The molecule has 1 heterocycles. The Morgan fingerprint density at radius 1 is 1.20 bits per heavy atom. The van der Waals surface area contributed by atoms with E-state index in [1.807, 2.05) is 0 Å². The molecule has 5 N–H and O–H groups in total. The standard InChI is InChI=1S/C15H13ClN2O6S/c16-11-12(24-6-10(20)21)14(15(22)23)25-13(11)7-1-3-8(4-2-7)18-9(19)5-17/h1-4H,5-6,17H2,(H,18,19)(H,20,21)(H,22,23). The van der Waals surface area contributed by atoms with Crippen molar-refractivity contribution in [2.45, 2.75) is 0 Å². The molecule has 0 aliphatic rings. The molecule has 25 heavy (non-hydrogen) atoms. The summed E-state index contributed by atoms with van der Waals surface area (Å²) in [6.45, 7) is -0.856. The first-order valence-corrected chi connectivity index (χ1v) is 8.03. The van der Waals surface area contributed by atoms with Crippen molar-refractivity contribution >= 4 is 46.5 Å². The molecule has 0 unspecified atom stereocenters. The molecular weight excluding hydrogens is 372 g/mol. The third kappa shape index (κ3) is 4.47. The zero-order valence-corrected chi connectivity index (χ0v) is 14.2. The third-order valence-electron chi connectivity index (χ3n) is 2.96. The number of carbonyl (C=O) groups excluding carboxylic acids is 1. The number of thiophene rings is 1. The van der Waals surface area contributed by atoms with Crippen LogP contribution in [0.5, 0.6) is 5.75 Å². The van der Waals surface area contributed by atoms with Crippen molar-refractivity contribution < 1.29 is 29.3 Å². The van der Waals surface area contributed by atoms with Crippen molar-refractivity contribution in [3.05, 3.63) is 34.2 Å². The molecule has 0 atom stereocenters. The van der Waals surface area contributed by atoms with Crippen LogP contribution in [0.1, 0.15) is 9.67 Å². The molecule has 1 amide bonds. The maximum atomic E-state index is 11.3. The highest BCUT2D eigenvalue weighted by atomic mass is 35.5. The van der Waals surface area contributed by atoms with Crippen LogP contribution in [0.4, 0.5) is 5.69 Å². The minimum Gasteiger partial charge on any atom is -0.479 e. The van der Waals surface area contributed by atoms with Gasteiger partial charge >= 0.3 is 11.9 Å². The number of ether oxygens (including phenoxy) is 1. The highest BCUT2D eigenvalue weighted by Crippen LogP contribution is 2.45. The lowest BCUT2D eigenvalue weighted by molar-refractivity contribution is -0.139. The predicted molar refractivity (Wildman–Crippen MR) is 92.5 cm³/mol. The zero-order valence-electron chi connectivity index (χ0n) is 12.6. The van der Waals surface area contributed by atoms with Crippen molar-refractivity contribution in [3.8, 4) is 16.2 Å². The monoisotopic (exact) mass is 384 g/mol. The highest BCUT2D eigenvalue weighted by Gasteiger charge is 2.24. The second kappa shape index (κ2) is 7.97. The van der Waals surface area contributed by atoms with Gasteiger partial charge in [-0.2, -0.15) is 0 Å². The average Bonchev–Trinajstić information content (AvgIpc) is 2.90. The van der Waals surface area contributed by atoms with Gasteiger partial charge in [-0.05, 0) is 17.7 Å². The maximum Gasteiger partial charge on any atom is 0.349 e. The maximum absolute atomic E-state index is 11.3. The number of hydrogen-bond donors (Lipinski definition) is 4. The molecule has 132 valence electrons. The number of carbonyl (C=O) groups is 3. The Hall–Kier alpha value is -2.62. The first-order chi connectivity index (χ1) is 11.8. The predicted octanol–water partition coefficient (Wildman–Crippen LogP) is 2.13. The number of aromatic carboxylic acids is 1. The SMILES string of the molecule is NCC(=O)Nc1ccc(-c2sc(C(=O)O)c(OCC(=O)O)c2Cl)cc1. The van der Waals surface area contributed by atoms with E-state index in [0.29, 0.717) is 16.1 Å². The Labute approximate surface area is 150 Å². The highest BCUT2D eigenvalue weighted by molar-refractivity contribution is 7.18. The van der Waals surface area contributed by atoms with Crippen LogP contribution in [0.15, 0.2) is 24.3 Å². The number of hydrogen-bond acceptors (Lipinski definition) is 6. The summed E-state index contributed by atoms with van der Waals surface area (Å²) in [5, 5.41) is 20.5. The molecule has 0 radical (unpaired) electrons. The fourth-order valence-electron chi connectivity index (χ4n) is 1.90. The molecule has 0 fully saturated rings. The first-order valence-electron chi connectivity index (χ1n) is 6.84. The van der Waals surface area contributed by atoms with Gasteiger partial charge in [0.2, 0.25) is 5.91 Å². The minimum absolute atomic E-state index is 0.0161. The molecule has 0 saturated heterocycles. The van der Waals surface area contributed by atoms with Crippen LogP contribution in [-0.4, -0.2) is 41.2 Å². The lowest BCUT2D eigenvalue weighted by atomic mass is 10.1. The second-order valence-electron chi connectivity index (χ2n) is 4.72. The molecule has 0 saturated carbocycles. The van der Waals surface area contributed by atoms with Crippen molar-refractivity contribution in [2.75, 3.05) is 18.5 Å². The molecule has 1 aromatic heterocycles. The number of halogens is 1. The molecule has 1 aromatic carbocycles. The Morgan fingerprint density at radius 3 is 2.36 bits per heavy atom. The number of aliphatic carboxylic acids is 1. The van der Waals surface area contributed by atoms with Gasteiger partial charge in [-0.1, -0.05) is 23.7 Å². The number of nitrogens with one attached hydrogen (secondary N) is 1. The Bertz CT molecular complexity index is 818. The Morgan fingerprint density at radius 2 is 1.84 bits per heavy atom. The number of amides is 1. The normalized spacial score (nSPS) is 10.3. The summed E-state index contributed by atoms with van der Waals surface area (Å²) in [7, 11) is 0. The van der Waals surface area contributed by atoms with E-state index >= 15 is 0 Å². The van der Waals surface area contributed by atoms with Crippen molar-refractivity contribution in [1.82, 2.24) is 0 Å². The fourth-order valence-corrected chi connectivity index (χ4v) is 3.31. The smallest absolute Gasteiger partial charge is 0.349 e. The number of nitrogens with two attached hydrogens (primary N) is 1. The van der Waals surface area contributed by atoms with Gasteiger partial charge in [0, 0.05) is 5.69 Å². The topological polar surface area (TPSA) is 139 Å². The number of anilines is 1. The van der Waals surface area contributed by atoms with Gasteiger partial charge < -0.3 is 26.0 Å². The molecule has 0 bridgehead atoms. The molecule has 2 rings (SSSR count). The molecule has 8 nitrogen and oxygen atoms in total. The first kappa shape index (κ1) is 18.7. The van der Waals surface area contributed by atoms with Gasteiger partial charge in [-0.25, -0.2) is 9.59 Å². The minimum atomic E-state index is -1.27. The van der Waals surface area contributed by atoms with Crippen LogP contribution >= 0.6 is 22.9 Å². The van der Waals surface area contributed by atoms with E-state index in [9.17, 15) is 19.5 Å². The summed E-state index contributed by atoms with van der Waals surface area (Å²) < 4.78 is 5.01. The van der Waals surface area contributed by atoms with E-state index in [1.54, 1.807) is 24.3 Å². The van der Waals surface area contributed by atoms with Crippen LogP contribution < -0.4 is 15.8 Å². The van der Waals surface area contributed by atoms with Gasteiger partial charge in [0.05, 0.1) is 11.4 Å². The van der Waals surface area contributed by atoms with Crippen molar-refractivity contribution in [3.63, 3.8) is 0 Å². The van der Waals surface area contributed by atoms with Gasteiger partial charge in [0.15, 0.2) is 17.2 Å². The van der Waals surface area contributed by atoms with Crippen LogP contribution in [0.3, 0.4) is 0 Å². The lowest BCUT2D eigenvalue weighted by Gasteiger charge is -2.05. The molecule has 2 aromatic rings. The average molecular weight is 385 g/mol. The van der Waals surface area contributed by atoms with Crippen LogP contribution in [0, 0.1) is 0 Å². The van der Waals surface area contributed by atoms with Crippen LogP contribution in [0.25, 0.3) is 10.4 Å². The summed E-state index contributed by atoms with van der Waals surface area (Å²) in [5.74, 6) is -3.05. The zero-order chi connectivity index (χ0) is 18.6. The molecular formula is C15H13ClN2O6S. The summed E-state index contributed by atoms with van der Waals surface area (Å²) in [6.07, 6.45) is 0. The molecule has 10 heteroatoms. The van der Waals surface area contributed by atoms with Crippen LogP contribution in [0.2, 0.25) is 5.02 Å². The van der Waals surface area contributed by atoms with Crippen molar-refractivity contribution in [2.24, 2.45) is 5.73 Å². The molecule has 0 aliphatic heterocycles. The van der Waals surface area contributed by atoms with Crippen LogP contribution in [-0.2, 0) is 9.59 Å².